The van der Waals surface area contributed by atoms with Crippen LogP contribution >= 0.6 is 12.2 Å². The quantitative estimate of drug-likeness (QED) is 0.608. The van der Waals surface area contributed by atoms with Crippen molar-refractivity contribution in [1.82, 2.24) is 0 Å². The maximum atomic E-state index is 5.48. The van der Waals surface area contributed by atoms with E-state index in [2.05, 4.69) is 6.07 Å². The Labute approximate surface area is 76.7 Å². The molecule has 1 aliphatic heterocycles. The van der Waals surface area contributed by atoms with Crippen molar-refractivity contribution in [3.05, 3.63) is 41.7 Å². The Kier molecular flexibility index (Phi) is 1.92. The molecule has 1 aliphatic rings. The van der Waals surface area contributed by atoms with E-state index >= 15 is 0 Å². The van der Waals surface area contributed by atoms with Gasteiger partial charge >= 0.3 is 0 Å². The number of rotatable bonds is 1. The van der Waals surface area contributed by atoms with Crippen LogP contribution in [-0.2, 0) is 6.42 Å². The van der Waals surface area contributed by atoms with Gasteiger partial charge in [-0.2, -0.15) is 0 Å². The molecule has 2 rings (SSSR count). The highest BCUT2D eigenvalue weighted by molar-refractivity contribution is 7.79. The van der Waals surface area contributed by atoms with Crippen molar-refractivity contribution in [3.63, 3.8) is 0 Å². The summed E-state index contributed by atoms with van der Waals surface area (Å²) < 4.78 is 5.48. The summed E-state index contributed by atoms with van der Waals surface area (Å²) in [6.45, 7) is 0. The average molecular weight is 176 g/mol. The topological polar surface area (TPSA) is 9.23 Å². The molecule has 0 fully saturated rings. The number of para-hydroxylation sites is 1. The molecule has 0 spiro atoms. The van der Waals surface area contributed by atoms with Crippen LogP contribution < -0.4 is 4.74 Å². The maximum Gasteiger partial charge on any atom is 0.134 e. The van der Waals surface area contributed by atoms with Gasteiger partial charge in [-0.3, -0.25) is 0 Å². The van der Waals surface area contributed by atoms with Crippen molar-refractivity contribution in [2.24, 2.45) is 0 Å². The summed E-state index contributed by atoms with van der Waals surface area (Å²) in [6, 6.07) is 8.00. The molecule has 0 bridgehead atoms. The molecule has 1 aromatic carbocycles. The van der Waals surface area contributed by atoms with E-state index < -0.39 is 0 Å². The molecule has 0 saturated heterocycles. The van der Waals surface area contributed by atoms with Crippen molar-refractivity contribution < 1.29 is 4.74 Å². The van der Waals surface area contributed by atoms with Crippen molar-refractivity contribution >= 4 is 17.6 Å². The van der Waals surface area contributed by atoms with Gasteiger partial charge in [0.15, 0.2) is 0 Å². The predicted molar refractivity (Wildman–Crippen MR) is 52.5 cm³/mol. The third kappa shape index (κ3) is 1.25. The molecule has 1 aromatic rings. The van der Waals surface area contributed by atoms with E-state index in [-0.39, 0.29) is 0 Å². The first-order valence-electron chi connectivity index (χ1n) is 3.81. The van der Waals surface area contributed by atoms with Crippen molar-refractivity contribution in [1.29, 1.82) is 0 Å². The zero-order chi connectivity index (χ0) is 8.39. The minimum absolute atomic E-state index is 0.781. The summed E-state index contributed by atoms with van der Waals surface area (Å²) in [5.74, 6) is 1.71. The fourth-order valence-electron chi connectivity index (χ4n) is 1.22. The number of ether oxygens (including phenoxy) is 1. The summed E-state index contributed by atoms with van der Waals surface area (Å²) >= 11 is 4.78. The Morgan fingerprint density at radius 1 is 1.33 bits per heavy atom. The van der Waals surface area contributed by atoms with Crippen LogP contribution in [0.25, 0.3) is 0 Å². The fourth-order valence-corrected chi connectivity index (χ4v) is 1.37. The van der Waals surface area contributed by atoms with Crippen LogP contribution in [0, 0.1) is 0 Å². The molecular weight excluding hydrogens is 168 g/mol. The zero-order valence-electron chi connectivity index (χ0n) is 6.49. The molecule has 0 aromatic heterocycles. The molecule has 0 saturated carbocycles. The second kappa shape index (κ2) is 3.07. The molecule has 12 heavy (non-hydrogen) atoms. The molecule has 0 unspecified atom stereocenters. The molecule has 0 radical (unpaired) electrons. The summed E-state index contributed by atoms with van der Waals surface area (Å²) in [6.07, 6.45) is 2.91. The second-order valence-electron chi connectivity index (χ2n) is 2.64. The lowest BCUT2D eigenvalue weighted by Crippen LogP contribution is -2.04. The van der Waals surface area contributed by atoms with Gasteiger partial charge in [0.25, 0.3) is 0 Å². The normalized spacial score (nSPS) is 14.2. The number of hydrogen-bond donors (Lipinski definition) is 0. The van der Waals surface area contributed by atoms with Crippen LogP contribution in [0.5, 0.6) is 5.75 Å². The molecule has 1 nitrogen and oxygen atoms in total. The fraction of sp³-hybridized carbons (Fsp3) is 0.100. The minimum Gasteiger partial charge on any atom is -0.457 e. The molecule has 1 heterocycles. The van der Waals surface area contributed by atoms with Gasteiger partial charge in [-0.15, -0.1) is 0 Å². The Hall–Kier alpha value is -1.15. The van der Waals surface area contributed by atoms with Crippen LogP contribution in [0.15, 0.2) is 36.1 Å². The van der Waals surface area contributed by atoms with E-state index in [1.807, 2.05) is 24.3 Å². The Balaban J connectivity index is 2.36. The van der Waals surface area contributed by atoms with E-state index in [0.717, 1.165) is 17.9 Å². The average Bonchev–Trinajstić information content (AvgIpc) is 2.17. The molecular formula is C10H8OS. The van der Waals surface area contributed by atoms with Crippen molar-refractivity contribution in [3.8, 4) is 5.75 Å². The van der Waals surface area contributed by atoms with Gasteiger partial charge in [-0.05, 0) is 24.1 Å². The van der Waals surface area contributed by atoms with E-state index in [0.29, 0.717) is 0 Å². The number of thiocarbonyl (C=S) groups is 1. The van der Waals surface area contributed by atoms with Gasteiger partial charge in [-0.1, -0.05) is 30.4 Å². The smallest absolute Gasteiger partial charge is 0.134 e. The van der Waals surface area contributed by atoms with Crippen LogP contribution in [0.4, 0.5) is 0 Å². The van der Waals surface area contributed by atoms with E-state index in [4.69, 9.17) is 17.0 Å². The largest absolute Gasteiger partial charge is 0.457 e. The van der Waals surface area contributed by atoms with E-state index in [9.17, 15) is 0 Å². The van der Waals surface area contributed by atoms with Gasteiger partial charge in [-0.25, -0.2) is 0 Å². The van der Waals surface area contributed by atoms with Gasteiger partial charge in [0.05, 0.1) is 0 Å². The van der Waals surface area contributed by atoms with Crippen molar-refractivity contribution in [2.45, 2.75) is 6.42 Å². The molecule has 0 aliphatic carbocycles. The highest BCUT2D eigenvalue weighted by atomic mass is 32.1. The first-order chi connectivity index (χ1) is 5.90. The van der Waals surface area contributed by atoms with Crippen LogP contribution in [0.2, 0.25) is 0 Å². The standard InChI is InChI=1S/C10H8OS/c12-7-9-6-5-8-3-1-2-4-10(8)11-9/h1-4,6-7H,5H2. The Morgan fingerprint density at radius 3 is 3.00 bits per heavy atom. The summed E-state index contributed by atoms with van der Waals surface area (Å²) in [5, 5.41) is 1.57. The van der Waals surface area contributed by atoms with Gasteiger partial charge in [0.2, 0.25) is 0 Å². The summed E-state index contributed by atoms with van der Waals surface area (Å²) in [4.78, 5) is 0. The maximum absolute atomic E-state index is 5.48. The van der Waals surface area contributed by atoms with Gasteiger partial charge in [0, 0.05) is 5.37 Å². The first-order valence-corrected chi connectivity index (χ1v) is 4.28. The minimum atomic E-state index is 0.781. The summed E-state index contributed by atoms with van der Waals surface area (Å²) in [7, 11) is 0. The zero-order valence-corrected chi connectivity index (χ0v) is 7.30. The number of fused-ring (bicyclic) bond motifs is 1. The number of hydrogen-bond acceptors (Lipinski definition) is 2. The Bertz CT molecular complexity index is 341. The molecule has 0 atom stereocenters. The van der Waals surface area contributed by atoms with E-state index in [1.54, 1.807) is 5.37 Å². The van der Waals surface area contributed by atoms with Gasteiger partial charge < -0.3 is 4.74 Å². The lowest BCUT2D eigenvalue weighted by Gasteiger charge is -2.14. The molecule has 60 valence electrons. The molecule has 0 amide bonds. The van der Waals surface area contributed by atoms with Gasteiger partial charge in [0.1, 0.15) is 11.5 Å². The van der Waals surface area contributed by atoms with Crippen LogP contribution in [0.1, 0.15) is 5.56 Å². The summed E-state index contributed by atoms with van der Waals surface area (Å²) in [5.41, 5.74) is 1.22. The van der Waals surface area contributed by atoms with Crippen LogP contribution in [0.3, 0.4) is 0 Å². The third-order valence-electron chi connectivity index (χ3n) is 1.84. The second-order valence-corrected chi connectivity index (χ2v) is 2.87. The van der Waals surface area contributed by atoms with E-state index in [1.165, 1.54) is 5.56 Å². The predicted octanol–water partition coefficient (Wildman–Crippen LogP) is 2.51. The lowest BCUT2D eigenvalue weighted by atomic mass is 10.1. The molecule has 0 N–H and O–H groups in total. The SMILES string of the molecule is S=CC1=CCc2ccccc2O1. The van der Waals surface area contributed by atoms with Crippen molar-refractivity contribution in [2.75, 3.05) is 0 Å². The Morgan fingerprint density at radius 2 is 2.17 bits per heavy atom. The highest BCUT2D eigenvalue weighted by Gasteiger charge is 2.08. The number of allylic oxidation sites excluding steroid dienone is 2. The highest BCUT2D eigenvalue weighted by Crippen LogP contribution is 2.24. The first kappa shape index (κ1) is 7.50. The molecule has 2 heteroatoms. The number of benzene rings is 1. The van der Waals surface area contributed by atoms with Crippen LogP contribution in [-0.4, -0.2) is 5.37 Å². The lowest BCUT2D eigenvalue weighted by molar-refractivity contribution is 0.442. The monoisotopic (exact) mass is 176 g/mol. The third-order valence-corrected chi connectivity index (χ3v) is 2.07.